The molecule has 3 aromatic rings. The van der Waals surface area contributed by atoms with Gasteiger partial charge in [0.25, 0.3) is 0 Å². The Hall–Kier alpha value is -4.14. The molecule has 0 amide bonds. The van der Waals surface area contributed by atoms with E-state index in [-0.39, 0.29) is 36.2 Å². The second-order valence-corrected chi connectivity index (χ2v) is 9.63. The Balaban J connectivity index is 0.000000315. The van der Waals surface area contributed by atoms with Gasteiger partial charge in [0.15, 0.2) is 0 Å². The standard InChI is InChI=1S/C10H14N4O2.C10H16N4.C5H3ClN2O2.2CH4/c1-12-4-6-13(7-5-12)9-2-3-11-8-10(9)14(15)16;1-13-4-6-14(7-5-13)10-2-3-12-8-9(10)11;6-4-1-2-7-3-5(4)8(9)10;;/h2-3,8H,4-7H2,1H3;2-3,8H,4-7,11H2,1H3;1-3H;2*1H4. The van der Waals surface area contributed by atoms with E-state index in [0.717, 1.165) is 69.9 Å². The lowest BCUT2D eigenvalue weighted by Crippen LogP contribution is -2.44. The third-order valence-electron chi connectivity index (χ3n) is 6.44. The van der Waals surface area contributed by atoms with Crippen molar-refractivity contribution in [2.24, 2.45) is 0 Å². The van der Waals surface area contributed by atoms with E-state index in [2.05, 4.69) is 43.7 Å². The highest BCUT2D eigenvalue weighted by molar-refractivity contribution is 6.32. The Labute approximate surface area is 252 Å². The van der Waals surface area contributed by atoms with E-state index in [4.69, 9.17) is 17.3 Å². The molecule has 2 saturated heterocycles. The molecule has 2 aliphatic heterocycles. The summed E-state index contributed by atoms with van der Waals surface area (Å²) in [5, 5.41) is 21.1. The van der Waals surface area contributed by atoms with Crippen molar-refractivity contribution in [1.29, 1.82) is 0 Å². The summed E-state index contributed by atoms with van der Waals surface area (Å²) in [5.41, 5.74) is 8.36. The molecule has 2 fully saturated rings. The lowest BCUT2D eigenvalue weighted by molar-refractivity contribution is -0.385. The van der Waals surface area contributed by atoms with Gasteiger partial charge in [-0.25, -0.2) is 0 Å². The molecule has 0 spiro atoms. The molecule has 15 heteroatoms. The summed E-state index contributed by atoms with van der Waals surface area (Å²) in [6.45, 7) is 7.79. The number of aromatic nitrogens is 3. The third-order valence-corrected chi connectivity index (χ3v) is 6.75. The van der Waals surface area contributed by atoms with E-state index < -0.39 is 4.92 Å². The molecular formula is C27H41ClN10O4. The number of piperazine rings is 2. The van der Waals surface area contributed by atoms with Crippen LogP contribution in [0, 0.1) is 20.2 Å². The molecule has 42 heavy (non-hydrogen) atoms. The molecule has 5 heterocycles. The van der Waals surface area contributed by atoms with Crippen molar-refractivity contribution < 1.29 is 9.85 Å². The van der Waals surface area contributed by atoms with Crippen LogP contribution in [0.25, 0.3) is 0 Å². The van der Waals surface area contributed by atoms with Crippen molar-refractivity contribution in [1.82, 2.24) is 24.8 Å². The average Bonchev–Trinajstić information content (AvgIpc) is 2.95. The zero-order valence-corrected chi connectivity index (χ0v) is 23.2. The Morgan fingerprint density at radius 3 is 1.52 bits per heavy atom. The van der Waals surface area contributed by atoms with Gasteiger partial charge in [-0.2, -0.15) is 0 Å². The fourth-order valence-electron chi connectivity index (χ4n) is 4.07. The monoisotopic (exact) mass is 604 g/mol. The highest BCUT2D eigenvalue weighted by atomic mass is 35.5. The van der Waals surface area contributed by atoms with Gasteiger partial charge >= 0.3 is 11.4 Å². The summed E-state index contributed by atoms with van der Waals surface area (Å²) in [6.07, 6.45) is 8.93. The van der Waals surface area contributed by atoms with E-state index in [1.807, 2.05) is 11.0 Å². The number of hydrogen-bond acceptors (Lipinski definition) is 12. The van der Waals surface area contributed by atoms with Crippen LogP contribution < -0.4 is 15.5 Å². The SMILES string of the molecule is C.C.CN1CCN(c2ccncc2N)CC1.CN1CCN(c2ccncc2[N+](=O)[O-])CC1.O=[N+]([O-])c1cnccc1Cl. The van der Waals surface area contributed by atoms with Crippen LogP contribution in [0.5, 0.6) is 0 Å². The fourth-order valence-corrected chi connectivity index (χ4v) is 4.25. The molecule has 2 N–H and O–H groups in total. The second kappa shape index (κ2) is 17.6. The van der Waals surface area contributed by atoms with E-state index >= 15 is 0 Å². The number of nitrogens with two attached hydrogens (primary N) is 1. The van der Waals surface area contributed by atoms with Gasteiger partial charge in [-0.3, -0.25) is 35.2 Å². The van der Waals surface area contributed by atoms with Crippen LogP contribution in [0.3, 0.4) is 0 Å². The smallest absolute Gasteiger partial charge is 0.310 e. The maximum atomic E-state index is 10.9. The van der Waals surface area contributed by atoms with Crippen LogP contribution in [0.4, 0.5) is 28.4 Å². The molecule has 3 aromatic heterocycles. The molecule has 0 atom stereocenters. The van der Waals surface area contributed by atoms with Crippen molar-refractivity contribution in [2.45, 2.75) is 14.9 Å². The Morgan fingerprint density at radius 1 is 0.690 bits per heavy atom. The van der Waals surface area contributed by atoms with Gasteiger partial charge in [-0.15, -0.1) is 0 Å². The Bertz CT molecular complexity index is 1270. The van der Waals surface area contributed by atoms with E-state index in [0.29, 0.717) is 5.69 Å². The second-order valence-electron chi connectivity index (χ2n) is 9.22. The zero-order valence-electron chi connectivity index (χ0n) is 22.5. The number of rotatable bonds is 4. The van der Waals surface area contributed by atoms with Crippen molar-refractivity contribution in [3.63, 3.8) is 0 Å². The molecule has 0 radical (unpaired) electrons. The van der Waals surface area contributed by atoms with Crippen LogP contribution in [0.15, 0.2) is 55.4 Å². The molecule has 0 aliphatic carbocycles. The van der Waals surface area contributed by atoms with Gasteiger partial charge in [0.1, 0.15) is 23.1 Å². The van der Waals surface area contributed by atoms with Crippen molar-refractivity contribution in [3.8, 4) is 0 Å². The minimum atomic E-state index is -0.574. The predicted octanol–water partition coefficient (Wildman–Crippen LogP) is 4.07. The Kier molecular flexibility index (Phi) is 15.1. The molecule has 14 nitrogen and oxygen atoms in total. The van der Waals surface area contributed by atoms with Crippen LogP contribution in [0.1, 0.15) is 14.9 Å². The predicted molar refractivity (Wildman–Crippen MR) is 168 cm³/mol. The van der Waals surface area contributed by atoms with Gasteiger partial charge in [0, 0.05) is 70.9 Å². The lowest BCUT2D eigenvalue weighted by atomic mass is 10.2. The number of halogens is 1. The highest BCUT2D eigenvalue weighted by Crippen LogP contribution is 2.27. The van der Waals surface area contributed by atoms with Crippen molar-refractivity contribution in [3.05, 3.63) is 80.6 Å². The highest BCUT2D eigenvalue weighted by Gasteiger charge is 2.22. The van der Waals surface area contributed by atoms with Crippen LogP contribution in [0.2, 0.25) is 5.02 Å². The molecule has 0 bridgehead atoms. The summed E-state index contributed by atoms with van der Waals surface area (Å²) in [5.74, 6) is 0. The first kappa shape index (κ1) is 35.9. The summed E-state index contributed by atoms with van der Waals surface area (Å²) >= 11 is 5.44. The van der Waals surface area contributed by atoms with Gasteiger partial charge < -0.3 is 25.3 Å². The van der Waals surface area contributed by atoms with Gasteiger partial charge in [0.2, 0.25) is 0 Å². The maximum absolute atomic E-state index is 10.9. The normalized spacial score (nSPS) is 15.0. The molecule has 0 unspecified atom stereocenters. The topological polar surface area (TPSA) is 164 Å². The van der Waals surface area contributed by atoms with Crippen LogP contribution in [-0.2, 0) is 0 Å². The van der Waals surface area contributed by atoms with Gasteiger partial charge in [0.05, 0.1) is 27.4 Å². The van der Waals surface area contributed by atoms with Gasteiger partial charge in [-0.05, 0) is 32.3 Å². The number of nitrogen functional groups attached to an aromatic ring is 1. The summed E-state index contributed by atoms with van der Waals surface area (Å²) in [6, 6.07) is 5.07. The first-order valence-electron chi connectivity index (χ1n) is 12.6. The minimum Gasteiger partial charge on any atom is -0.396 e. The largest absolute Gasteiger partial charge is 0.396 e. The molecule has 0 saturated carbocycles. The Morgan fingerprint density at radius 2 is 1.10 bits per heavy atom. The van der Waals surface area contributed by atoms with Crippen LogP contribution in [-0.4, -0.2) is 101 Å². The number of nitro groups is 2. The number of nitrogens with zero attached hydrogens (tertiary/aromatic N) is 9. The minimum absolute atomic E-state index is 0. The fraction of sp³-hybridized carbons (Fsp3) is 0.444. The number of hydrogen-bond donors (Lipinski definition) is 1. The van der Waals surface area contributed by atoms with Crippen molar-refractivity contribution in [2.75, 3.05) is 82.0 Å². The summed E-state index contributed by atoms with van der Waals surface area (Å²) < 4.78 is 0. The van der Waals surface area contributed by atoms with E-state index in [1.54, 1.807) is 24.7 Å². The van der Waals surface area contributed by atoms with Gasteiger partial charge in [-0.1, -0.05) is 26.5 Å². The third kappa shape index (κ3) is 10.4. The summed E-state index contributed by atoms with van der Waals surface area (Å²) in [7, 11) is 4.20. The lowest BCUT2D eigenvalue weighted by Gasteiger charge is -2.34. The van der Waals surface area contributed by atoms with Crippen LogP contribution >= 0.6 is 11.6 Å². The van der Waals surface area contributed by atoms with E-state index in [1.165, 1.54) is 18.5 Å². The molecule has 5 rings (SSSR count). The molecule has 230 valence electrons. The molecule has 0 aromatic carbocycles. The number of pyridine rings is 3. The number of anilines is 3. The summed E-state index contributed by atoms with van der Waals surface area (Å²) in [4.78, 5) is 40.2. The van der Waals surface area contributed by atoms with Crippen molar-refractivity contribution >= 4 is 40.0 Å². The van der Waals surface area contributed by atoms with E-state index in [9.17, 15) is 20.2 Å². The first-order chi connectivity index (χ1) is 19.2. The average molecular weight is 605 g/mol. The maximum Gasteiger partial charge on any atom is 0.310 e. The number of likely N-dealkylation sites (N-methyl/N-ethyl adjacent to an activating group) is 2. The zero-order chi connectivity index (χ0) is 29.1. The quantitative estimate of drug-likeness (QED) is 0.336. The molecule has 2 aliphatic rings. The first-order valence-corrected chi connectivity index (χ1v) is 12.9. The molecular weight excluding hydrogens is 564 g/mol.